The first-order valence-electron chi connectivity index (χ1n) is 6.12. The molecule has 100 valence electrons. The minimum absolute atomic E-state index is 0.0402. The van der Waals surface area contributed by atoms with E-state index in [2.05, 4.69) is 4.99 Å². The molecule has 1 saturated carbocycles. The van der Waals surface area contributed by atoms with Gasteiger partial charge in [-0.1, -0.05) is 24.3 Å². The second-order valence-corrected chi connectivity index (χ2v) is 4.83. The van der Waals surface area contributed by atoms with Crippen molar-refractivity contribution in [2.75, 3.05) is 0 Å². The Balaban J connectivity index is 1.91. The van der Waals surface area contributed by atoms with Crippen molar-refractivity contribution in [1.82, 2.24) is 4.90 Å². The zero-order valence-electron chi connectivity index (χ0n) is 10.1. The number of carbonyl (C=O) groups is 1. The lowest BCUT2D eigenvalue weighted by Gasteiger charge is -2.24. The molecule has 1 aromatic rings. The fourth-order valence-electron chi connectivity index (χ4n) is 2.36. The Morgan fingerprint density at radius 2 is 1.89 bits per heavy atom. The van der Waals surface area contributed by atoms with Gasteiger partial charge in [0.2, 0.25) is 0 Å². The van der Waals surface area contributed by atoms with Crippen molar-refractivity contribution in [3.05, 3.63) is 35.4 Å². The first-order valence-corrected chi connectivity index (χ1v) is 6.12. The van der Waals surface area contributed by atoms with E-state index in [1.54, 1.807) is 17.0 Å². The normalized spacial score (nSPS) is 23.1. The van der Waals surface area contributed by atoms with Crippen molar-refractivity contribution in [3.8, 4) is 0 Å². The predicted octanol–water partition coefficient (Wildman–Crippen LogP) is 2.62. The second-order valence-electron chi connectivity index (χ2n) is 4.83. The summed E-state index contributed by atoms with van der Waals surface area (Å²) in [4.78, 5) is 17.2. The Morgan fingerprint density at radius 3 is 2.42 bits per heavy atom. The summed E-state index contributed by atoms with van der Waals surface area (Å²) in [5, 5.41) is 0. The van der Waals surface area contributed by atoms with Gasteiger partial charge in [0.15, 0.2) is 0 Å². The Morgan fingerprint density at radius 1 is 1.26 bits per heavy atom. The Bertz CT molecular complexity index is 537. The number of amidine groups is 1. The van der Waals surface area contributed by atoms with Crippen LogP contribution in [0.25, 0.3) is 0 Å². The van der Waals surface area contributed by atoms with E-state index in [4.69, 9.17) is 5.73 Å². The van der Waals surface area contributed by atoms with Crippen molar-refractivity contribution in [1.29, 1.82) is 0 Å². The summed E-state index contributed by atoms with van der Waals surface area (Å²) in [6, 6.07) is 5.33. The first-order chi connectivity index (χ1) is 9.08. The highest BCUT2D eigenvalue weighted by atomic mass is 19.3. The number of hydrogen-bond acceptors (Lipinski definition) is 2. The molecule has 4 nitrogen and oxygen atoms in total. The Kier molecular flexibility index (Phi) is 2.73. The van der Waals surface area contributed by atoms with E-state index in [9.17, 15) is 13.6 Å². The molecule has 2 N–H and O–H groups in total. The summed E-state index contributed by atoms with van der Waals surface area (Å²) in [6.45, 7) is 0. The highest BCUT2D eigenvalue weighted by Gasteiger charge is 2.43. The van der Waals surface area contributed by atoms with Crippen molar-refractivity contribution >= 4 is 11.9 Å². The smallest absolute Gasteiger partial charge is 0.346 e. The van der Waals surface area contributed by atoms with Gasteiger partial charge in [-0.05, 0) is 18.4 Å². The molecule has 2 amide bonds. The number of hydrogen-bond donors (Lipinski definition) is 1. The molecule has 1 unspecified atom stereocenters. The van der Waals surface area contributed by atoms with Crippen LogP contribution in [0.3, 0.4) is 0 Å². The number of rotatable bonds is 3. The number of urea groups is 1. The molecule has 0 saturated heterocycles. The van der Waals surface area contributed by atoms with Crippen LogP contribution < -0.4 is 5.73 Å². The molecule has 0 spiro atoms. The van der Waals surface area contributed by atoms with Crippen molar-refractivity contribution < 1.29 is 13.6 Å². The van der Waals surface area contributed by atoms with Crippen LogP contribution in [0.2, 0.25) is 0 Å². The molecular weight excluding hydrogens is 252 g/mol. The number of nitrogens with zero attached hydrogens (tertiary/aromatic N) is 2. The zero-order chi connectivity index (χ0) is 13.6. The van der Waals surface area contributed by atoms with Crippen molar-refractivity contribution in [2.45, 2.75) is 31.4 Å². The topological polar surface area (TPSA) is 58.7 Å². The molecule has 1 aromatic carbocycles. The van der Waals surface area contributed by atoms with Gasteiger partial charge in [-0.2, -0.15) is 4.99 Å². The van der Waals surface area contributed by atoms with Gasteiger partial charge in [-0.3, -0.25) is 0 Å². The SMILES string of the molecule is NC1=NC(=O)N(C2CC2)C1c1ccc(C(F)F)cc1. The van der Waals surface area contributed by atoms with Gasteiger partial charge in [-0.25, -0.2) is 13.6 Å². The van der Waals surface area contributed by atoms with Gasteiger partial charge < -0.3 is 10.6 Å². The van der Waals surface area contributed by atoms with Crippen LogP contribution in [0.4, 0.5) is 13.6 Å². The fraction of sp³-hybridized carbons (Fsp3) is 0.385. The largest absolute Gasteiger partial charge is 0.385 e. The molecular formula is C13H13F2N3O. The minimum Gasteiger partial charge on any atom is -0.385 e. The van der Waals surface area contributed by atoms with E-state index in [0.29, 0.717) is 0 Å². The van der Waals surface area contributed by atoms with Gasteiger partial charge in [-0.15, -0.1) is 0 Å². The Labute approximate surface area is 108 Å². The molecule has 1 atom stereocenters. The Hall–Kier alpha value is -1.98. The summed E-state index contributed by atoms with van der Waals surface area (Å²) in [5.41, 5.74) is 6.48. The van der Waals surface area contributed by atoms with E-state index >= 15 is 0 Å². The summed E-state index contributed by atoms with van der Waals surface area (Å²) in [7, 11) is 0. The van der Waals surface area contributed by atoms with E-state index in [0.717, 1.165) is 18.4 Å². The monoisotopic (exact) mass is 265 g/mol. The second kappa shape index (κ2) is 4.29. The standard InChI is InChI=1S/C13H13F2N3O/c14-11(15)8-3-1-7(2-4-8)10-12(16)17-13(19)18(10)9-5-6-9/h1-4,9-11H,5-6H2,(H2,16,17,19). The lowest BCUT2D eigenvalue weighted by molar-refractivity contribution is 0.151. The van der Waals surface area contributed by atoms with Crippen molar-refractivity contribution in [2.24, 2.45) is 10.7 Å². The van der Waals surface area contributed by atoms with Crippen LogP contribution in [-0.2, 0) is 0 Å². The zero-order valence-corrected chi connectivity index (χ0v) is 10.1. The van der Waals surface area contributed by atoms with Crippen LogP contribution in [0, 0.1) is 0 Å². The summed E-state index contributed by atoms with van der Waals surface area (Å²) < 4.78 is 25.0. The maximum absolute atomic E-state index is 12.5. The fourth-order valence-corrected chi connectivity index (χ4v) is 2.36. The van der Waals surface area contributed by atoms with Gasteiger partial charge in [0.25, 0.3) is 6.43 Å². The van der Waals surface area contributed by atoms with Gasteiger partial charge in [0.05, 0.1) is 0 Å². The number of benzene rings is 1. The number of nitrogens with two attached hydrogens (primary N) is 1. The van der Waals surface area contributed by atoms with Crippen LogP contribution in [0.15, 0.2) is 29.3 Å². The maximum atomic E-state index is 12.5. The number of halogens is 2. The molecule has 19 heavy (non-hydrogen) atoms. The molecule has 0 bridgehead atoms. The van der Waals surface area contributed by atoms with Crippen LogP contribution in [0.1, 0.15) is 36.4 Å². The molecule has 6 heteroatoms. The lowest BCUT2D eigenvalue weighted by atomic mass is 10.0. The molecule has 0 aromatic heterocycles. The van der Waals surface area contributed by atoms with E-state index < -0.39 is 12.5 Å². The summed E-state index contributed by atoms with van der Waals surface area (Å²) in [6.07, 6.45) is -0.606. The van der Waals surface area contributed by atoms with Crippen LogP contribution >= 0.6 is 0 Å². The summed E-state index contributed by atoms with van der Waals surface area (Å²) >= 11 is 0. The molecule has 2 aliphatic rings. The average molecular weight is 265 g/mol. The van der Waals surface area contributed by atoms with Gasteiger partial charge in [0.1, 0.15) is 11.9 Å². The first kappa shape index (κ1) is 12.1. The molecule has 1 aliphatic carbocycles. The van der Waals surface area contributed by atoms with Crippen molar-refractivity contribution in [3.63, 3.8) is 0 Å². The summed E-state index contributed by atoms with van der Waals surface area (Å²) in [5.74, 6) is 0.238. The molecule has 1 aliphatic heterocycles. The highest BCUT2D eigenvalue weighted by Crippen LogP contribution is 2.38. The van der Waals surface area contributed by atoms with Gasteiger partial charge >= 0.3 is 6.03 Å². The highest BCUT2D eigenvalue weighted by molar-refractivity contribution is 6.03. The number of aliphatic imine (C=N–C) groups is 1. The van der Waals surface area contributed by atoms with E-state index in [-0.39, 0.29) is 23.5 Å². The quantitative estimate of drug-likeness (QED) is 0.913. The molecule has 0 radical (unpaired) electrons. The molecule has 3 rings (SSSR count). The third kappa shape index (κ3) is 2.07. The number of amides is 2. The molecule has 1 fully saturated rings. The maximum Gasteiger partial charge on any atom is 0.346 e. The van der Waals surface area contributed by atoms with E-state index in [1.165, 1.54) is 12.1 Å². The van der Waals surface area contributed by atoms with E-state index in [1.807, 2.05) is 0 Å². The van der Waals surface area contributed by atoms with Crippen LogP contribution in [-0.4, -0.2) is 22.8 Å². The number of carbonyl (C=O) groups excluding carboxylic acids is 1. The predicted molar refractivity (Wildman–Crippen MR) is 66.0 cm³/mol. The molecule has 1 heterocycles. The third-order valence-electron chi connectivity index (χ3n) is 3.45. The number of alkyl halides is 2. The van der Waals surface area contributed by atoms with Crippen LogP contribution in [0.5, 0.6) is 0 Å². The minimum atomic E-state index is -2.50. The third-order valence-corrected chi connectivity index (χ3v) is 3.45. The van der Waals surface area contributed by atoms with Gasteiger partial charge in [0, 0.05) is 11.6 Å². The lowest BCUT2D eigenvalue weighted by Crippen LogP contribution is -2.34. The average Bonchev–Trinajstić information content (AvgIpc) is 3.15.